The van der Waals surface area contributed by atoms with E-state index in [1.165, 1.54) is 0 Å². The lowest BCUT2D eigenvalue weighted by molar-refractivity contribution is -0.115. The van der Waals surface area contributed by atoms with Gasteiger partial charge in [0.25, 0.3) is 0 Å². The zero-order chi connectivity index (χ0) is 14.1. The van der Waals surface area contributed by atoms with Crippen LogP contribution >= 0.6 is 11.8 Å². The molecule has 2 N–H and O–H groups in total. The first-order chi connectivity index (χ1) is 9.15. The molecule has 0 aliphatic carbocycles. The van der Waals surface area contributed by atoms with E-state index in [-0.39, 0.29) is 5.91 Å². The molecular formula is C14H22N2O2S. The first kappa shape index (κ1) is 15.9. The van der Waals surface area contributed by atoms with Gasteiger partial charge in [0.05, 0.1) is 13.7 Å². The quantitative estimate of drug-likeness (QED) is 0.767. The number of benzene rings is 1. The van der Waals surface area contributed by atoms with Crippen LogP contribution in [0.4, 0.5) is 5.69 Å². The number of hydrogen-bond acceptors (Lipinski definition) is 4. The predicted octanol–water partition coefficient (Wildman–Crippen LogP) is 2.22. The summed E-state index contributed by atoms with van der Waals surface area (Å²) in [6.07, 6.45) is 2.09. The fourth-order valence-corrected chi connectivity index (χ4v) is 2.34. The molecule has 5 heteroatoms. The van der Waals surface area contributed by atoms with Gasteiger partial charge in [-0.25, -0.2) is 0 Å². The molecule has 0 heterocycles. The molecular weight excluding hydrogens is 260 g/mol. The Kier molecular flexibility index (Phi) is 7.36. The van der Waals surface area contributed by atoms with Crippen molar-refractivity contribution in [1.82, 2.24) is 5.32 Å². The number of carbonyl (C=O) groups is 1. The third-order valence-electron chi connectivity index (χ3n) is 2.60. The van der Waals surface area contributed by atoms with Crippen molar-refractivity contribution in [3.63, 3.8) is 0 Å². The average molecular weight is 282 g/mol. The molecule has 0 aromatic heterocycles. The lowest BCUT2D eigenvalue weighted by Crippen LogP contribution is -2.31. The third kappa shape index (κ3) is 6.50. The zero-order valence-electron chi connectivity index (χ0n) is 11.7. The van der Waals surface area contributed by atoms with Crippen LogP contribution in [0.1, 0.15) is 6.92 Å². The Morgan fingerprint density at radius 1 is 1.37 bits per heavy atom. The molecule has 0 spiro atoms. The van der Waals surface area contributed by atoms with E-state index in [0.29, 0.717) is 12.5 Å². The monoisotopic (exact) mass is 282 g/mol. The number of rotatable bonds is 8. The number of anilines is 1. The van der Waals surface area contributed by atoms with E-state index < -0.39 is 0 Å². The van der Waals surface area contributed by atoms with E-state index in [4.69, 9.17) is 4.74 Å². The maximum Gasteiger partial charge on any atom is 0.238 e. The predicted molar refractivity (Wildman–Crippen MR) is 82.0 cm³/mol. The molecule has 0 fully saturated rings. The molecule has 0 aliphatic rings. The second kappa shape index (κ2) is 8.82. The van der Waals surface area contributed by atoms with Crippen LogP contribution in [0, 0.1) is 5.92 Å². The SMILES string of the molecule is COc1ccc(NC(=O)CNCC(C)CSC)cc1. The minimum Gasteiger partial charge on any atom is -0.497 e. The van der Waals surface area contributed by atoms with Crippen LogP contribution in [0.5, 0.6) is 5.75 Å². The topological polar surface area (TPSA) is 50.4 Å². The number of amides is 1. The molecule has 19 heavy (non-hydrogen) atoms. The first-order valence-corrected chi connectivity index (χ1v) is 7.68. The molecule has 1 amide bonds. The minimum absolute atomic E-state index is 0.0264. The molecule has 1 unspecified atom stereocenters. The number of hydrogen-bond donors (Lipinski definition) is 2. The maximum atomic E-state index is 11.7. The van der Waals surface area contributed by atoms with Crippen molar-refractivity contribution in [3.05, 3.63) is 24.3 Å². The van der Waals surface area contributed by atoms with Crippen LogP contribution in [0.3, 0.4) is 0 Å². The van der Waals surface area contributed by atoms with Gasteiger partial charge in [-0.2, -0.15) is 11.8 Å². The molecule has 4 nitrogen and oxygen atoms in total. The van der Waals surface area contributed by atoms with Crippen LogP contribution in [-0.2, 0) is 4.79 Å². The summed E-state index contributed by atoms with van der Waals surface area (Å²) in [5.41, 5.74) is 0.782. The average Bonchev–Trinajstić information content (AvgIpc) is 2.40. The van der Waals surface area contributed by atoms with Gasteiger partial charge < -0.3 is 15.4 Å². The molecule has 1 atom stereocenters. The van der Waals surface area contributed by atoms with E-state index in [9.17, 15) is 4.79 Å². The summed E-state index contributed by atoms with van der Waals surface area (Å²) < 4.78 is 5.06. The fourth-order valence-electron chi connectivity index (χ4n) is 1.66. The first-order valence-electron chi connectivity index (χ1n) is 6.29. The lowest BCUT2D eigenvalue weighted by Gasteiger charge is -2.11. The number of carbonyl (C=O) groups excluding carboxylic acids is 1. The minimum atomic E-state index is -0.0264. The number of nitrogens with one attached hydrogen (secondary N) is 2. The van der Waals surface area contributed by atoms with Crippen LogP contribution < -0.4 is 15.4 Å². The second-order valence-electron chi connectivity index (χ2n) is 4.47. The van der Waals surface area contributed by atoms with Gasteiger partial charge in [0.2, 0.25) is 5.91 Å². The molecule has 0 radical (unpaired) electrons. The summed E-state index contributed by atoms with van der Waals surface area (Å²) in [7, 11) is 1.62. The molecule has 1 rings (SSSR count). The molecule has 0 saturated carbocycles. The van der Waals surface area contributed by atoms with Gasteiger partial charge in [0, 0.05) is 5.69 Å². The van der Waals surface area contributed by atoms with Crippen LogP contribution in [0.2, 0.25) is 0 Å². The van der Waals surface area contributed by atoms with Crippen LogP contribution in [0.25, 0.3) is 0 Å². The lowest BCUT2D eigenvalue weighted by atomic mass is 10.2. The summed E-state index contributed by atoms with van der Waals surface area (Å²) in [6.45, 7) is 3.37. The molecule has 1 aromatic carbocycles. The van der Waals surface area contributed by atoms with Gasteiger partial charge in [0.15, 0.2) is 0 Å². The van der Waals surface area contributed by atoms with Crippen LogP contribution in [-0.4, -0.2) is 38.1 Å². The smallest absolute Gasteiger partial charge is 0.238 e. The highest BCUT2D eigenvalue weighted by Gasteiger charge is 2.04. The Labute approximate surface area is 119 Å². The Hall–Kier alpha value is -1.20. The van der Waals surface area contributed by atoms with E-state index >= 15 is 0 Å². The standard InChI is InChI=1S/C14H22N2O2S/c1-11(10-19-3)8-15-9-14(17)16-12-4-6-13(18-2)7-5-12/h4-7,11,15H,8-10H2,1-3H3,(H,16,17). The highest BCUT2D eigenvalue weighted by molar-refractivity contribution is 7.98. The molecule has 1 aromatic rings. The third-order valence-corrected chi connectivity index (χ3v) is 3.51. The van der Waals surface area contributed by atoms with Crippen molar-refractivity contribution >= 4 is 23.4 Å². The molecule has 0 bridgehead atoms. The van der Waals surface area contributed by atoms with Gasteiger partial charge in [-0.05, 0) is 48.7 Å². The molecule has 0 aliphatic heterocycles. The molecule has 106 valence electrons. The maximum absolute atomic E-state index is 11.7. The fraction of sp³-hybridized carbons (Fsp3) is 0.500. The summed E-state index contributed by atoms with van der Waals surface area (Å²) >= 11 is 1.82. The van der Waals surface area contributed by atoms with Gasteiger partial charge >= 0.3 is 0 Å². The van der Waals surface area contributed by atoms with Crippen molar-refractivity contribution in [2.75, 3.05) is 37.5 Å². The number of thioether (sulfide) groups is 1. The second-order valence-corrected chi connectivity index (χ2v) is 5.38. The van der Waals surface area contributed by atoms with E-state index in [2.05, 4.69) is 23.8 Å². The van der Waals surface area contributed by atoms with Crippen molar-refractivity contribution in [1.29, 1.82) is 0 Å². The Bertz CT molecular complexity index is 382. The summed E-state index contributed by atoms with van der Waals surface area (Å²) in [5.74, 6) is 2.43. The summed E-state index contributed by atoms with van der Waals surface area (Å²) in [5, 5.41) is 6.00. The zero-order valence-corrected chi connectivity index (χ0v) is 12.5. The van der Waals surface area contributed by atoms with Crippen molar-refractivity contribution in [3.8, 4) is 5.75 Å². The van der Waals surface area contributed by atoms with Gasteiger partial charge in [0.1, 0.15) is 5.75 Å². The van der Waals surface area contributed by atoms with Gasteiger partial charge in [-0.3, -0.25) is 4.79 Å². The summed E-state index contributed by atoms with van der Waals surface area (Å²) in [4.78, 5) is 11.7. The van der Waals surface area contributed by atoms with Gasteiger partial charge in [-0.1, -0.05) is 6.92 Å². The van der Waals surface area contributed by atoms with Crippen molar-refractivity contribution in [2.24, 2.45) is 5.92 Å². The van der Waals surface area contributed by atoms with Crippen LogP contribution in [0.15, 0.2) is 24.3 Å². The highest BCUT2D eigenvalue weighted by Crippen LogP contribution is 2.14. The number of methoxy groups -OCH3 is 1. The largest absolute Gasteiger partial charge is 0.497 e. The number of ether oxygens (including phenoxy) is 1. The van der Waals surface area contributed by atoms with E-state index in [0.717, 1.165) is 23.7 Å². The van der Waals surface area contributed by atoms with Crippen molar-refractivity contribution in [2.45, 2.75) is 6.92 Å². The Morgan fingerprint density at radius 2 is 2.05 bits per heavy atom. The summed E-state index contributed by atoms with van der Waals surface area (Å²) in [6, 6.07) is 7.30. The van der Waals surface area contributed by atoms with E-state index in [1.807, 2.05) is 36.0 Å². The Balaban J connectivity index is 2.26. The van der Waals surface area contributed by atoms with Crippen molar-refractivity contribution < 1.29 is 9.53 Å². The van der Waals surface area contributed by atoms with Gasteiger partial charge in [-0.15, -0.1) is 0 Å². The normalized spacial score (nSPS) is 11.9. The molecule has 0 saturated heterocycles. The Morgan fingerprint density at radius 3 is 2.63 bits per heavy atom. The van der Waals surface area contributed by atoms with E-state index in [1.54, 1.807) is 7.11 Å². The highest BCUT2D eigenvalue weighted by atomic mass is 32.2.